The van der Waals surface area contributed by atoms with E-state index in [1.165, 1.54) is 33.4 Å². The van der Waals surface area contributed by atoms with Crippen molar-refractivity contribution < 1.29 is 0 Å². The molecule has 0 radical (unpaired) electrons. The van der Waals surface area contributed by atoms with E-state index >= 15 is 0 Å². The number of benzene rings is 2. The van der Waals surface area contributed by atoms with E-state index in [0.717, 1.165) is 10.0 Å². The summed E-state index contributed by atoms with van der Waals surface area (Å²) in [5.41, 5.74) is 7.37. The van der Waals surface area contributed by atoms with Gasteiger partial charge in [0.1, 0.15) is 0 Å². The summed E-state index contributed by atoms with van der Waals surface area (Å²) in [7, 11) is 0. The van der Waals surface area contributed by atoms with E-state index in [4.69, 9.17) is 23.2 Å². The van der Waals surface area contributed by atoms with Gasteiger partial charge < -0.3 is 0 Å². The van der Waals surface area contributed by atoms with Gasteiger partial charge in [0.2, 0.25) is 0 Å². The van der Waals surface area contributed by atoms with Gasteiger partial charge in [-0.25, -0.2) is 0 Å². The van der Waals surface area contributed by atoms with Crippen molar-refractivity contribution in [1.82, 2.24) is 0 Å². The van der Waals surface area contributed by atoms with Crippen molar-refractivity contribution >= 4 is 23.2 Å². The lowest BCUT2D eigenvalue weighted by atomic mass is 9.87. The minimum Gasteiger partial charge on any atom is -0.0837 e. The number of hydrogen-bond donors (Lipinski definition) is 0. The molecule has 26 heavy (non-hydrogen) atoms. The Hall–Kier alpha value is -0.980. The molecule has 0 spiro atoms. The normalized spacial score (nSPS) is 12.1. The Morgan fingerprint density at radius 1 is 0.462 bits per heavy atom. The van der Waals surface area contributed by atoms with Crippen LogP contribution in [0.2, 0.25) is 10.0 Å². The predicted molar refractivity (Wildman–Crippen MR) is 118 cm³/mol. The summed E-state index contributed by atoms with van der Waals surface area (Å²) < 4.78 is 0. The molecule has 0 aliphatic carbocycles. The van der Waals surface area contributed by atoms with Crippen molar-refractivity contribution in [1.29, 1.82) is 0 Å². The molecule has 0 aromatic heterocycles. The number of hydrogen-bond acceptors (Lipinski definition) is 0. The van der Waals surface area contributed by atoms with Crippen molar-refractivity contribution in [3.63, 3.8) is 0 Å². The fraction of sp³-hybridized carbons (Fsp3) is 0.500. The van der Waals surface area contributed by atoms with Gasteiger partial charge in [0.05, 0.1) is 0 Å². The highest BCUT2D eigenvalue weighted by Gasteiger charge is 2.18. The first kappa shape index (κ1) is 21.3. The molecular weight excluding hydrogens is 359 g/mol. The van der Waals surface area contributed by atoms with Crippen molar-refractivity contribution in [3.8, 4) is 11.1 Å². The highest BCUT2D eigenvalue weighted by atomic mass is 35.5. The third-order valence-electron chi connectivity index (χ3n) is 5.08. The summed E-state index contributed by atoms with van der Waals surface area (Å²) in [5.74, 6) is 1.56. The maximum atomic E-state index is 6.73. The minimum absolute atomic E-state index is 0.390. The molecular formula is C24H32Cl2. The molecule has 0 amide bonds. The van der Waals surface area contributed by atoms with Crippen molar-refractivity contribution in [2.45, 2.75) is 79.1 Å². The van der Waals surface area contributed by atoms with Crippen LogP contribution in [-0.2, 0) is 0 Å². The highest BCUT2D eigenvalue weighted by Crippen LogP contribution is 2.40. The van der Waals surface area contributed by atoms with Crippen LogP contribution in [0.4, 0.5) is 0 Å². The van der Waals surface area contributed by atoms with Gasteiger partial charge in [-0.2, -0.15) is 0 Å². The highest BCUT2D eigenvalue weighted by molar-refractivity contribution is 6.33. The molecule has 0 saturated carbocycles. The molecule has 0 fully saturated rings. The van der Waals surface area contributed by atoms with E-state index in [9.17, 15) is 0 Å². The Labute approximate surface area is 169 Å². The Morgan fingerprint density at radius 3 is 0.808 bits per heavy atom. The molecule has 0 unspecified atom stereocenters. The molecule has 142 valence electrons. The van der Waals surface area contributed by atoms with Gasteiger partial charge in [-0.15, -0.1) is 0 Å². The van der Waals surface area contributed by atoms with E-state index in [1.54, 1.807) is 0 Å². The van der Waals surface area contributed by atoms with Crippen LogP contribution >= 0.6 is 23.2 Å². The first-order valence-corrected chi connectivity index (χ1v) is 10.5. The van der Waals surface area contributed by atoms with Crippen LogP contribution in [-0.4, -0.2) is 0 Å². The van der Waals surface area contributed by atoms with Gasteiger partial charge >= 0.3 is 0 Å². The second-order valence-electron chi connectivity index (χ2n) is 8.56. The van der Waals surface area contributed by atoms with E-state index < -0.39 is 0 Å². The molecule has 0 aliphatic heterocycles. The maximum absolute atomic E-state index is 6.73. The van der Waals surface area contributed by atoms with Crippen LogP contribution < -0.4 is 0 Å². The second kappa shape index (κ2) is 8.36. The summed E-state index contributed by atoms with van der Waals surface area (Å²) in [6.45, 7) is 17.6. The van der Waals surface area contributed by atoms with E-state index in [1.807, 2.05) is 0 Å². The molecule has 0 aliphatic rings. The van der Waals surface area contributed by atoms with Gasteiger partial charge in [-0.1, -0.05) is 78.6 Å². The summed E-state index contributed by atoms with van der Waals surface area (Å²) in [6.07, 6.45) is 0. The van der Waals surface area contributed by atoms with Crippen LogP contribution in [0.5, 0.6) is 0 Å². The van der Waals surface area contributed by atoms with E-state index in [-0.39, 0.29) is 0 Å². The van der Waals surface area contributed by atoms with Crippen molar-refractivity contribution in [2.75, 3.05) is 0 Å². The first-order valence-electron chi connectivity index (χ1n) is 9.71. The van der Waals surface area contributed by atoms with Gasteiger partial charge in [0.25, 0.3) is 0 Å². The molecule has 0 atom stereocenters. The van der Waals surface area contributed by atoms with Crippen LogP contribution in [0, 0.1) is 0 Å². The van der Waals surface area contributed by atoms with Crippen molar-refractivity contribution in [2.24, 2.45) is 0 Å². The SMILES string of the molecule is CC(C)c1cc(-c2cc(C(C)C)c(Cl)c(C(C)C)c2)cc(C(C)C)c1Cl. The Kier molecular flexibility index (Phi) is 6.86. The van der Waals surface area contributed by atoms with Crippen molar-refractivity contribution in [3.05, 3.63) is 56.6 Å². The van der Waals surface area contributed by atoms with Crippen LogP contribution in [0.3, 0.4) is 0 Å². The predicted octanol–water partition coefficient (Wildman–Crippen LogP) is 9.15. The largest absolute Gasteiger partial charge is 0.0837 e. The lowest BCUT2D eigenvalue weighted by Crippen LogP contribution is -2.00. The van der Waals surface area contributed by atoms with Gasteiger partial charge in [-0.05, 0) is 81.3 Å². The molecule has 0 bridgehead atoms. The molecule has 0 heterocycles. The average Bonchev–Trinajstić information content (AvgIpc) is 2.54. The zero-order valence-corrected chi connectivity index (χ0v) is 18.9. The summed E-state index contributed by atoms with van der Waals surface area (Å²) in [4.78, 5) is 0. The third kappa shape index (κ3) is 4.29. The lowest BCUT2D eigenvalue weighted by Gasteiger charge is -2.21. The van der Waals surface area contributed by atoms with Crippen LogP contribution in [0.1, 0.15) is 101 Å². The topological polar surface area (TPSA) is 0 Å². The Balaban J connectivity index is 2.79. The summed E-state index contributed by atoms with van der Waals surface area (Å²) >= 11 is 13.5. The Morgan fingerprint density at radius 2 is 0.654 bits per heavy atom. The quantitative estimate of drug-likeness (QED) is 0.476. The first-order chi connectivity index (χ1) is 12.0. The lowest BCUT2D eigenvalue weighted by molar-refractivity contribution is 0.831. The molecule has 0 saturated heterocycles. The maximum Gasteiger partial charge on any atom is 0.0475 e. The third-order valence-corrected chi connectivity index (χ3v) is 5.95. The molecule has 2 aromatic rings. The molecule has 0 nitrogen and oxygen atoms in total. The van der Waals surface area contributed by atoms with Crippen LogP contribution in [0.15, 0.2) is 24.3 Å². The number of halogens is 2. The summed E-state index contributed by atoms with van der Waals surface area (Å²) in [6, 6.07) is 9.04. The van der Waals surface area contributed by atoms with Gasteiger partial charge in [-0.3, -0.25) is 0 Å². The fourth-order valence-electron chi connectivity index (χ4n) is 3.35. The molecule has 2 aromatic carbocycles. The Bertz CT molecular complexity index is 657. The zero-order chi connectivity index (χ0) is 19.8. The average molecular weight is 391 g/mol. The number of rotatable bonds is 5. The molecule has 2 rings (SSSR count). The zero-order valence-electron chi connectivity index (χ0n) is 17.4. The smallest absolute Gasteiger partial charge is 0.0475 e. The summed E-state index contributed by atoms with van der Waals surface area (Å²) in [5, 5.41) is 1.83. The monoisotopic (exact) mass is 390 g/mol. The van der Waals surface area contributed by atoms with E-state index in [0.29, 0.717) is 23.7 Å². The second-order valence-corrected chi connectivity index (χ2v) is 9.31. The van der Waals surface area contributed by atoms with Gasteiger partial charge in [0, 0.05) is 10.0 Å². The van der Waals surface area contributed by atoms with E-state index in [2.05, 4.69) is 79.7 Å². The van der Waals surface area contributed by atoms with Gasteiger partial charge in [0.15, 0.2) is 0 Å². The minimum atomic E-state index is 0.390. The van der Waals surface area contributed by atoms with Crippen LogP contribution in [0.25, 0.3) is 11.1 Å². The standard InChI is InChI=1S/C24H32Cl2/c1-13(2)19-9-17(10-20(14(3)4)23(19)25)18-11-21(15(5)6)24(26)22(12-18)16(7)8/h9-16H,1-8H3. The molecule has 0 N–H and O–H groups in total. The molecule has 2 heteroatoms. The fourth-order valence-corrected chi connectivity index (χ4v) is 4.45.